The van der Waals surface area contributed by atoms with Crippen molar-refractivity contribution in [2.75, 3.05) is 13.2 Å². The molecule has 0 aromatic heterocycles. The predicted molar refractivity (Wildman–Crippen MR) is 61.8 cm³/mol. The maximum Gasteiger partial charge on any atom is 0.225 e. The molecule has 1 saturated carbocycles. The summed E-state index contributed by atoms with van der Waals surface area (Å²) in [5.41, 5.74) is 5.71. The quantitative estimate of drug-likeness (QED) is 0.740. The van der Waals surface area contributed by atoms with Gasteiger partial charge in [-0.1, -0.05) is 6.92 Å². The third-order valence-corrected chi connectivity index (χ3v) is 3.79. The monoisotopic (exact) mass is 226 g/mol. The number of ether oxygens (including phenoxy) is 1. The standard InChI is InChI=1S/C12H22N2O2/c1-2-11-10(3-4-16-11)12(15)14-7-8-5-9(13)6-8/h8-11H,2-7,13H2,1H3,(H,14,15). The molecule has 0 spiro atoms. The van der Waals surface area contributed by atoms with Crippen LogP contribution < -0.4 is 11.1 Å². The zero-order valence-corrected chi connectivity index (χ0v) is 9.95. The SMILES string of the molecule is CCC1OCCC1C(=O)NCC1CC(N)C1. The van der Waals surface area contributed by atoms with E-state index in [1.165, 1.54) is 0 Å². The van der Waals surface area contributed by atoms with Gasteiger partial charge in [0, 0.05) is 19.2 Å². The van der Waals surface area contributed by atoms with Crippen molar-refractivity contribution >= 4 is 5.91 Å². The summed E-state index contributed by atoms with van der Waals surface area (Å²) in [7, 11) is 0. The van der Waals surface area contributed by atoms with Crippen molar-refractivity contribution in [3.05, 3.63) is 0 Å². The summed E-state index contributed by atoms with van der Waals surface area (Å²) in [6, 6.07) is 0.361. The average molecular weight is 226 g/mol. The van der Waals surface area contributed by atoms with Gasteiger partial charge in [0.1, 0.15) is 0 Å². The zero-order chi connectivity index (χ0) is 11.5. The van der Waals surface area contributed by atoms with Crippen LogP contribution in [0.15, 0.2) is 0 Å². The van der Waals surface area contributed by atoms with E-state index in [0.717, 1.165) is 38.8 Å². The second-order valence-corrected chi connectivity index (χ2v) is 5.06. The fraction of sp³-hybridized carbons (Fsp3) is 0.917. The first-order chi connectivity index (χ1) is 7.70. The third kappa shape index (κ3) is 2.55. The highest BCUT2D eigenvalue weighted by Crippen LogP contribution is 2.26. The summed E-state index contributed by atoms with van der Waals surface area (Å²) in [5.74, 6) is 0.838. The lowest BCUT2D eigenvalue weighted by Gasteiger charge is -2.32. The van der Waals surface area contributed by atoms with Gasteiger partial charge in [-0.05, 0) is 31.6 Å². The molecule has 4 heteroatoms. The lowest BCUT2D eigenvalue weighted by atomic mass is 9.81. The Labute approximate surface area is 96.9 Å². The third-order valence-electron chi connectivity index (χ3n) is 3.79. The first-order valence-corrected chi connectivity index (χ1v) is 6.35. The maximum atomic E-state index is 11.9. The van der Waals surface area contributed by atoms with E-state index in [9.17, 15) is 4.79 Å². The summed E-state index contributed by atoms with van der Waals surface area (Å²) < 4.78 is 5.52. The molecule has 2 fully saturated rings. The van der Waals surface area contributed by atoms with Crippen LogP contribution in [0.25, 0.3) is 0 Å². The molecule has 3 N–H and O–H groups in total. The first kappa shape index (κ1) is 11.9. The van der Waals surface area contributed by atoms with Crippen LogP contribution in [0, 0.1) is 11.8 Å². The number of rotatable bonds is 4. The van der Waals surface area contributed by atoms with Crippen molar-refractivity contribution in [3.8, 4) is 0 Å². The Kier molecular flexibility index (Phi) is 3.82. The molecule has 0 aromatic carbocycles. The van der Waals surface area contributed by atoms with E-state index in [-0.39, 0.29) is 17.9 Å². The van der Waals surface area contributed by atoms with Gasteiger partial charge in [-0.15, -0.1) is 0 Å². The maximum absolute atomic E-state index is 11.9. The van der Waals surface area contributed by atoms with E-state index in [1.54, 1.807) is 0 Å². The number of carbonyl (C=O) groups excluding carboxylic acids is 1. The van der Waals surface area contributed by atoms with Crippen LogP contribution in [0.1, 0.15) is 32.6 Å². The fourth-order valence-corrected chi connectivity index (χ4v) is 2.68. The Balaban J connectivity index is 1.71. The number of hydrogen-bond acceptors (Lipinski definition) is 3. The topological polar surface area (TPSA) is 64.3 Å². The fourth-order valence-electron chi connectivity index (χ4n) is 2.68. The van der Waals surface area contributed by atoms with E-state index in [4.69, 9.17) is 10.5 Å². The lowest BCUT2D eigenvalue weighted by Crippen LogP contribution is -2.44. The van der Waals surface area contributed by atoms with Crippen LogP contribution in [0.5, 0.6) is 0 Å². The van der Waals surface area contributed by atoms with Gasteiger partial charge in [-0.3, -0.25) is 4.79 Å². The summed E-state index contributed by atoms with van der Waals surface area (Å²) in [6.07, 6.45) is 4.03. The van der Waals surface area contributed by atoms with Crippen LogP contribution in [-0.4, -0.2) is 31.2 Å². The number of carbonyl (C=O) groups is 1. The molecule has 0 bridgehead atoms. The number of nitrogens with two attached hydrogens (primary N) is 1. The molecule has 1 heterocycles. The highest BCUT2D eigenvalue weighted by Gasteiger charge is 2.33. The van der Waals surface area contributed by atoms with Crippen molar-refractivity contribution in [3.63, 3.8) is 0 Å². The minimum absolute atomic E-state index is 0.0683. The van der Waals surface area contributed by atoms with E-state index in [2.05, 4.69) is 12.2 Å². The van der Waals surface area contributed by atoms with Crippen LogP contribution in [0.4, 0.5) is 0 Å². The van der Waals surface area contributed by atoms with E-state index >= 15 is 0 Å². The van der Waals surface area contributed by atoms with Crippen molar-refractivity contribution in [2.24, 2.45) is 17.6 Å². The Hall–Kier alpha value is -0.610. The molecule has 2 unspecified atom stereocenters. The van der Waals surface area contributed by atoms with Gasteiger partial charge in [-0.25, -0.2) is 0 Å². The number of hydrogen-bond donors (Lipinski definition) is 2. The first-order valence-electron chi connectivity index (χ1n) is 6.35. The van der Waals surface area contributed by atoms with Gasteiger partial charge in [0.25, 0.3) is 0 Å². The highest BCUT2D eigenvalue weighted by atomic mass is 16.5. The molecule has 4 nitrogen and oxygen atoms in total. The number of amides is 1. The molecule has 0 aromatic rings. The summed E-state index contributed by atoms with van der Waals surface area (Å²) in [6.45, 7) is 3.59. The Morgan fingerprint density at radius 3 is 2.88 bits per heavy atom. The normalized spacial score (nSPS) is 38.1. The Morgan fingerprint density at radius 1 is 1.50 bits per heavy atom. The average Bonchev–Trinajstić information content (AvgIpc) is 2.70. The van der Waals surface area contributed by atoms with Crippen LogP contribution in [-0.2, 0) is 9.53 Å². The van der Waals surface area contributed by atoms with Gasteiger partial charge < -0.3 is 15.8 Å². The second kappa shape index (κ2) is 5.15. The lowest BCUT2D eigenvalue weighted by molar-refractivity contribution is -0.127. The van der Waals surface area contributed by atoms with Crippen molar-refractivity contribution in [1.29, 1.82) is 0 Å². The molecule has 1 amide bonds. The zero-order valence-electron chi connectivity index (χ0n) is 9.95. The van der Waals surface area contributed by atoms with Gasteiger partial charge in [0.2, 0.25) is 5.91 Å². The van der Waals surface area contributed by atoms with Crippen molar-refractivity contribution < 1.29 is 9.53 Å². The van der Waals surface area contributed by atoms with Crippen molar-refractivity contribution in [1.82, 2.24) is 5.32 Å². The molecular formula is C12H22N2O2. The minimum atomic E-state index is 0.0683. The van der Waals surface area contributed by atoms with Gasteiger partial charge >= 0.3 is 0 Å². The van der Waals surface area contributed by atoms with Crippen LogP contribution in [0.2, 0.25) is 0 Å². The molecule has 92 valence electrons. The van der Waals surface area contributed by atoms with E-state index in [0.29, 0.717) is 12.0 Å². The minimum Gasteiger partial charge on any atom is -0.377 e. The van der Waals surface area contributed by atoms with Gasteiger partial charge in [-0.2, -0.15) is 0 Å². The number of nitrogens with one attached hydrogen (secondary N) is 1. The molecule has 0 radical (unpaired) electrons. The Bertz CT molecular complexity index is 251. The molecule has 16 heavy (non-hydrogen) atoms. The summed E-state index contributed by atoms with van der Waals surface area (Å²) >= 11 is 0. The Morgan fingerprint density at radius 2 is 2.25 bits per heavy atom. The molecule has 2 atom stereocenters. The molecule has 2 rings (SSSR count). The van der Waals surface area contributed by atoms with E-state index < -0.39 is 0 Å². The highest BCUT2D eigenvalue weighted by molar-refractivity contribution is 5.79. The molecule has 2 aliphatic rings. The molecule has 1 saturated heterocycles. The summed E-state index contributed by atoms with van der Waals surface area (Å²) in [5, 5.41) is 3.04. The van der Waals surface area contributed by atoms with Gasteiger partial charge in [0.05, 0.1) is 12.0 Å². The largest absolute Gasteiger partial charge is 0.377 e. The summed E-state index contributed by atoms with van der Waals surface area (Å²) in [4.78, 5) is 11.9. The van der Waals surface area contributed by atoms with Crippen LogP contribution in [0.3, 0.4) is 0 Å². The predicted octanol–water partition coefficient (Wildman–Crippen LogP) is 0.655. The molecule has 1 aliphatic carbocycles. The second-order valence-electron chi connectivity index (χ2n) is 5.06. The van der Waals surface area contributed by atoms with Crippen molar-refractivity contribution in [2.45, 2.75) is 44.8 Å². The van der Waals surface area contributed by atoms with E-state index in [1.807, 2.05) is 0 Å². The van der Waals surface area contributed by atoms with Gasteiger partial charge in [0.15, 0.2) is 0 Å². The smallest absolute Gasteiger partial charge is 0.225 e. The molecular weight excluding hydrogens is 204 g/mol. The van der Waals surface area contributed by atoms with Crippen LogP contribution >= 0.6 is 0 Å². The molecule has 1 aliphatic heterocycles.